The van der Waals surface area contributed by atoms with Gasteiger partial charge in [-0.2, -0.15) is 0 Å². The van der Waals surface area contributed by atoms with Crippen LogP contribution in [0.4, 0.5) is 0 Å². The molecule has 0 fully saturated rings. The van der Waals surface area contributed by atoms with Crippen molar-refractivity contribution in [3.8, 4) is 0 Å². The normalized spacial score (nSPS) is 15.5. The third-order valence-corrected chi connectivity index (χ3v) is 9.19. The van der Waals surface area contributed by atoms with Gasteiger partial charge in [0.05, 0.1) is 0 Å². The molecular formula is C32H26S2. The van der Waals surface area contributed by atoms with Crippen LogP contribution in [0.1, 0.15) is 26.7 Å². The van der Waals surface area contributed by atoms with Gasteiger partial charge in [-0.25, -0.2) is 0 Å². The number of fused-ring (bicyclic) bond motifs is 6. The van der Waals surface area contributed by atoms with Crippen LogP contribution < -0.4 is 9.75 Å². The Morgan fingerprint density at radius 3 is 2.59 bits per heavy atom. The lowest BCUT2D eigenvalue weighted by Crippen LogP contribution is -2.17. The van der Waals surface area contributed by atoms with Crippen LogP contribution in [0.2, 0.25) is 0 Å². The first-order chi connectivity index (χ1) is 16.5. The molecule has 0 bridgehead atoms. The van der Waals surface area contributed by atoms with E-state index >= 15 is 0 Å². The summed E-state index contributed by atoms with van der Waals surface area (Å²) < 4.78 is 5.13. The minimum Gasteiger partial charge on any atom is -0.136 e. The van der Waals surface area contributed by atoms with E-state index in [-0.39, 0.29) is 0 Å². The molecule has 166 valence electrons. The molecule has 0 radical (unpaired) electrons. The van der Waals surface area contributed by atoms with Crippen LogP contribution in [0.25, 0.3) is 53.7 Å². The Hall–Kier alpha value is -3.20. The fourth-order valence-electron chi connectivity index (χ4n) is 5.16. The molecule has 0 saturated heterocycles. The maximum atomic E-state index is 4.45. The highest BCUT2D eigenvalue weighted by Crippen LogP contribution is 2.39. The van der Waals surface area contributed by atoms with Gasteiger partial charge in [0, 0.05) is 45.4 Å². The van der Waals surface area contributed by atoms with Gasteiger partial charge in [-0.3, -0.25) is 0 Å². The smallest absolute Gasteiger partial charge is 0.0434 e. The molecule has 0 amide bonds. The molecule has 0 unspecified atom stereocenters. The first-order valence-electron chi connectivity index (χ1n) is 11.7. The molecule has 0 atom stereocenters. The number of benzene rings is 3. The second kappa shape index (κ2) is 8.23. The molecule has 0 spiro atoms. The Labute approximate surface area is 207 Å². The summed E-state index contributed by atoms with van der Waals surface area (Å²) in [6, 6.07) is 18.0. The molecule has 5 aromatic rings. The van der Waals surface area contributed by atoms with Gasteiger partial charge in [0.25, 0.3) is 0 Å². The van der Waals surface area contributed by atoms with E-state index in [1.54, 1.807) is 11.3 Å². The lowest BCUT2D eigenvalue weighted by Gasteiger charge is -2.16. The molecule has 2 heteroatoms. The van der Waals surface area contributed by atoms with Gasteiger partial charge < -0.3 is 0 Å². The third-order valence-electron chi connectivity index (χ3n) is 6.94. The van der Waals surface area contributed by atoms with E-state index in [9.17, 15) is 0 Å². The van der Waals surface area contributed by atoms with E-state index in [1.165, 1.54) is 63.0 Å². The number of hydrogen-bond donors (Lipinski definition) is 0. The first-order valence-corrected chi connectivity index (χ1v) is 13.4. The monoisotopic (exact) mass is 474 g/mol. The van der Waals surface area contributed by atoms with Crippen LogP contribution >= 0.6 is 22.7 Å². The number of hydrogen-bond acceptors (Lipinski definition) is 2. The molecule has 0 N–H and O–H groups in total. The first kappa shape index (κ1) is 21.3. The quantitative estimate of drug-likeness (QED) is 0.245. The molecule has 1 aliphatic rings. The van der Waals surface area contributed by atoms with Crippen LogP contribution in [0.5, 0.6) is 0 Å². The van der Waals surface area contributed by atoms with E-state index in [0.29, 0.717) is 0 Å². The van der Waals surface area contributed by atoms with E-state index < -0.39 is 0 Å². The van der Waals surface area contributed by atoms with Gasteiger partial charge in [0.1, 0.15) is 0 Å². The van der Waals surface area contributed by atoms with Crippen LogP contribution in [0.15, 0.2) is 95.6 Å². The molecule has 2 heterocycles. The second-order valence-electron chi connectivity index (χ2n) is 9.10. The Bertz CT molecular complexity index is 1850. The van der Waals surface area contributed by atoms with Crippen LogP contribution in [0, 0.1) is 0 Å². The van der Waals surface area contributed by atoms with Crippen LogP contribution in [-0.4, -0.2) is 0 Å². The Balaban J connectivity index is 1.52. The fraction of sp³-hybridized carbons (Fsp3) is 0.125. The zero-order valence-corrected chi connectivity index (χ0v) is 21.2. The molecule has 1 aliphatic carbocycles. The van der Waals surface area contributed by atoms with E-state index in [2.05, 4.69) is 99.8 Å². The predicted molar refractivity (Wildman–Crippen MR) is 155 cm³/mol. The van der Waals surface area contributed by atoms with Gasteiger partial charge in [0.15, 0.2) is 0 Å². The third kappa shape index (κ3) is 3.41. The average molecular weight is 475 g/mol. The maximum Gasteiger partial charge on any atom is 0.0434 e. The summed E-state index contributed by atoms with van der Waals surface area (Å²) in [4.78, 5) is 0. The highest BCUT2D eigenvalue weighted by Gasteiger charge is 2.13. The van der Waals surface area contributed by atoms with E-state index in [0.717, 1.165) is 22.9 Å². The standard InChI is InChI=1S/C32H26S2/c1-5-8-22-11-12-23(15-19(22)2)20(3)16-27-21(4)33-31-18-28-24(17-29(27)31)13-14-26-25-9-6-7-10-30(25)34-32(26)28/h5-10,13-18H,3-4,11-12H2,1-2H3/b8-5-,27-16+. The predicted octanol–water partition coefficient (Wildman–Crippen LogP) is 8.78. The van der Waals surface area contributed by atoms with Crippen molar-refractivity contribution in [1.82, 2.24) is 0 Å². The molecule has 0 nitrogen and oxygen atoms in total. The summed E-state index contributed by atoms with van der Waals surface area (Å²) in [5.41, 5.74) is 5.20. The molecule has 0 saturated carbocycles. The zero-order valence-electron chi connectivity index (χ0n) is 19.6. The fourth-order valence-corrected chi connectivity index (χ4v) is 7.38. The topological polar surface area (TPSA) is 0 Å². The minimum atomic E-state index is 1.04. The maximum absolute atomic E-state index is 4.45. The van der Waals surface area contributed by atoms with Crippen molar-refractivity contribution in [3.63, 3.8) is 0 Å². The Kier molecular flexibility index (Phi) is 5.17. The van der Waals surface area contributed by atoms with Crippen molar-refractivity contribution in [2.24, 2.45) is 0 Å². The Morgan fingerprint density at radius 2 is 1.76 bits per heavy atom. The molecule has 2 aromatic heterocycles. The summed E-state index contributed by atoms with van der Waals surface area (Å²) in [5.74, 6) is 0. The van der Waals surface area contributed by atoms with Crippen LogP contribution in [0.3, 0.4) is 0 Å². The molecular weight excluding hydrogens is 448 g/mol. The second-order valence-corrected chi connectivity index (χ2v) is 11.3. The summed E-state index contributed by atoms with van der Waals surface area (Å²) in [6.45, 7) is 13.1. The van der Waals surface area contributed by atoms with Crippen molar-refractivity contribution >= 4 is 76.4 Å². The summed E-state index contributed by atoms with van der Waals surface area (Å²) >= 11 is 3.68. The van der Waals surface area contributed by atoms with Crippen LogP contribution in [-0.2, 0) is 0 Å². The van der Waals surface area contributed by atoms with Gasteiger partial charge in [-0.15, -0.1) is 22.7 Å². The van der Waals surface area contributed by atoms with Gasteiger partial charge >= 0.3 is 0 Å². The van der Waals surface area contributed by atoms with Gasteiger partial charge in [-0.05, 0) is 78.6 Å². The number of thiophene rings is 2. The largest absolute Gasteiger partial charge is 0.136 e. The molecule has 6 rings (SSSR count). The van der Waals surface area contributed by atoms with Gasteiger partial charge in [-0.1, -0.05) is 61.7 Å². The van der Waals surface area contributed by atoms with Crippen molar-refractivity contribution in [3.05, 3.63) is 105 Å². The van der Waals surface area contributed by atoms with E-state index in [4.69, 9.17) is 0 Å². The van der Waals surface area contributed by atoms with Crippen molar-refractivity contribution in [1.29, 1.82) is 0 Å². The van der Waals surface area contributed by atoms with Gasteiger partial charge in [0.2, 0.25) is 0 Å². The molecule has 34 heavy (non-hydrogen) atoms. The summed E-state index contributed by atoms with van der Waals surface area (Å²) in [6.07, 6.45) is 11.0. The minimum absolute atomic E-state index is 1.04. The average Bonchev–Trinajstić information content (AvgIpc) is 3.36. The summed E-state index contributed by atoms with van der Waals surface area (Å²) in [7, 11) is 0. The lowest BCUT2D eigenvalue weighted by atomic mass is 9.89. The van der Waals surface area contributed by atoms with E-state index in [1.807, 2.05) is 11.3 Å². The zero-order chi connectivity index (χ0) is 23.4. The lowest BCUT2D eigenvalue weighted by molar-refractivity contribution is 0.926. The number of allylic oxidation sites excluding steroid dienone is 7. The van der Waals surface area contributed by atoms with Crippen molar-refractivity contribution in [2.75, 3.05) is 0 Å². The van der Waals surface area contributed by atoms with Crippen molar-refractivity contribution in [2.45, 2.75) is 26.7 Å². The molecule has 3 aromatic carbocycles. The molecule has 0 aliphatic heterocycles. The number of rotatable bonds is 3. The highest BCUT2D eigenvalue weighted by atomic mass is 32.1. The Morgan fingerprint density at radius 1 is 0.912 bits per heavy atom. The highest BCUT2D eigenvalue weighted by molar-refractivity contribution is 7.26. The SMILES string of the molecule is C=C(/C=c1\c(=C)sc2cc3c(ccc4c5ccccc5sc34)cc12)C1=CC(C)=C(/C=C\C)CC1. The van der Waals surface area contributed by atoms with Crippen molar-refractivity contribution < 1.29 is 0 Å². The summed E-state index contributed by atoms with van der Waals surface area (Å²) in [5, 5.41) is 7.82.